The summed E-state index contributed by atoms with van der Waals surface area (Å²) in [6.45, 7) is 0. The molecule has 0 unspecified atom stereocenters. The molecule has 4 rings (SSSR count). The zero-order valence-electron chi connectivity index (χ0n) is 9.69. The molecule has 3 nitrogen and oxygen atoms in total. The van der Waals surface area contributed by atoms with E-state index in [-0.39, 0.29) is 0 Å². The highest BCUT2D eigenvalue weighted by Gasteiger charge is 2.08. The van der Waals surface area contributed by atoms with Gasteiger partial charge in [0.1, 0.15) is 5.69 Å². The van der Waals surface area contributed by atoms with Gasteiger partial charge in [0.2, 0.25) is 0 Å². The maximum absolute atomic E-state index is 4.54. The number of aromatic nitrogens is 3. The number of pyridine rings is 1. The molecule has 0 aliphatic carbocycles. The lowest BCUT2D eigenvalue weighted by Crippen LogP contribution is -1.95. The van der Waals surface area contributed by atoms with E-state index in [0.717, 1.165) is 16.9 Å². The second kappa shape index (κ2) is 3.47. The van der Waals surface area contributed by atoms with Crippen molar-refractivity contribution in [1.82, 2.24) is 13.8 Å². The summed E-state index contributed by atoms with van der Waals surface area (Å²) in [4.78, 5) is 4.54. The minimum absolute atomic E-state index is 1.00. The van der Waals surface area contributed by atoms with Crippen LogP contribution in [0.15, 0.2) is 67.3 Å². The van der Waals surface area contributed by atoms with Gasteiger partial charge in [-0.3, -0.25) is 4.98 Å². The van der Waals surface area contributed by atoms with E-state index in [1.54, 1.807) is 0 Å². The molecule has 18 heavy (non-hydrogen) atoms. The lowest BCUT2D eigenvalue weighted by molar-refractivity contribution is 1.11. The Hall–Kier alpha value is -2.55. The third-order valence-corrected chi connectivity index (χ3v) is 3.26. The summed E-state index contributed by atoms with van der Waals surface area (Å²) in [5.41, 5.74) is 4.42. The summed E-state index contributed by atoms with van der Waals surface area (Å²) in [6, 6.07) is 14.5. The van der Waals surface area contributed by atoms with Crippen LogP contribution in [0.5, 0.6) is 0 Å². The Morgan fingerprint density at radius 1 is 0.833 bits per heavy atom. The van der Waals surface area contributed by atoms with Crippen LogP contribution in [0.3, 0.4) is 0 Å². The Bertz CT molecular complexity index is 767. The monoisotopic (exact) mass is 233 g/mol. The zero-order chi connectivity index (χ0) is 11.9. The van der Waals surface area contributed by atoms with Crippen LogP contribution in [0.1, 0.15) is 0 Å². The molecule has 0 amide bonds. The van der Waals surface area contributed by atoms with Gasteiger partial charge < -0.3 is 8.80 Å². The molecule has 0 bridgehead atoms. The molecule has 3 heteroatoms. The van der Waals surface area contributed by atoms with Gasteiger partial charge in [-0.25, -0.2) is 0 Å². The van der Waals surface area contributed by atoms with Crippen molar-refractivity contribution in [3.05, 3.63) is 67.3 Å². The molecule has 0 N–H and O–H groups in total. The molecule has 0 aliphatic heterocycles. The van der Waals surface area contributed by atoms with E-state index in [4.69, 9.17) is 0 Å². The lowest BCUT2D eigenvalue weighted by atomic mass is 10.2. The molecule has 0 saturated carbocycles. The third kappa shape index (κ3) is 1.21. The van der Waals surface area contributed by atoms with Crippen molar-refractivity contribution >= 4 is 11.0 Å². The Balaban J connectivity index is 2.13. The molecule has 0 atom stereocenters. The first-order valence-corrected chi connectivity index (χ1v) is 5.92. The molecule has 4 aromatic rings. The Kier molecular flexibility index (Phi) is 1.83. The molecule has 86 valence electrons. The highest BCUT2D eigenvalue weighted by Crippen LogP contribution is 2.23. The van der Waals surface area contributed by atoms with Crippen molar-refractivity contribution in [2.45, 2.75) is 0 Å². The number of nitrogens with zero attached hydrogens (tertiary/aromatic N) is 3. The topological polar surface area (TPSA) is 21.7 Å². The van der Waals surface area contributed by atoms with Crippen molar-refractivity contribution in [3.63, 3.8) is 0 Å². The van der Waals surface area contributed by atoms with Crippen molar-refractivity contribution in [1.29, 1.82) is 0 Å². The van der Waals surface area contributed by atoms with Crippen LogP contribution in [0.4, 0.5) is 0 Å². The van der Waals surface area contributed by atoms with Gasteiger partial charge in [0.05, 0.1) is 11.2 Å². The summed E-state index contributed by atoms with van der Waals surface area (Å²) in [5.74, 6) is 0. The van der Waals surface area contributed by atoms with Crippen molar-refractivity contribution in [2.75, 3.05) is 0 Å². The van der Waals surface area contributed by atoms with Gasteiger partial charge in [-0.15, -0.1) is 0 Å². The first-order chi connectivity index (χ1) is 8.93. The fourth-order valence-electron chi connectivity index (χ4n) is 2.43. The van der Waals surface area contributed by atoms with E-state index < -0.39 is 0 Å². The first-order valence-electron chi connectivity index (χ1n) is 5.92. The molecule has 0 aromatic carbocycles. The van der Waals surface area contributed by atoms with Crippen LogP contribution < -0.4 is 0 Å². The molecule has 0 radical (unpaired) electrons. The summed E-state index contributed by atoms with van der Waals surface area (Å²) in [7, 11) is 0. The number of hydrogen-bond acceptors (Lipinski definition) is 1. The molecule has 4 aromatic heterocycles. The number of hydrogen-bond donors (Lipinski definition) is 0. The lowest BCUT2D eigenvalue weighted by Gasteiger charge is -2.07. The molecule has 4 heterocycles. The Morgan fingerprint density at radius 3 is 2.72 bits per heavy atom. The second-order valence-corrected chi connectivity index (χ2v) is 4.29. The van der Waals surface area contributed by atoms with Crippen LogP contribution in [-0.2, 0) is 0 Å². The molecule has 0 fully saturated rings. The molecular weight excluding hydrogens is 222 g/mol. The quantitative estimate of drug-likeness (QED) is 0.494. The van der Waals surface area contributed by atoms with Crippen LogP contribution in [0.25, 0.3) is 22.4 Å². The predicted octanol–water partition coefficient (Wildman–Crippen LogP) is 3.25. The van der Waals surface area contributed by atoms with E-state index in [2.05, 4.69) is 56.4 Å². The average Bonchev–Trinajstić information content (AvgIpc) is 3.06. The third-order valence-electron chi connectivity index (χ3n) is 3.26. The van der Waals surface area contributed by atoms with Crippen LogP contribution in [0, 0.1) is 0 Å². The molecular formula is C15H11N3. The standard InChI is InChI=1S/C15H11N3/c1-4-12-5-2-10-18(12)14(6-1)15-13-7-3-9-17(13)11-8-16-15/h1-11H. The van der Waals surface area contributed by atoms with E-state index in [9.17, 15) is 0 Å². The highest BCUT2D eigenvalue weighted by molar-refractivity contribution is 5.76. The SMILES string of the molecule is c1cc(-c2nccn3cccc23)n2cccc2c1. The second-order valence-electron chi connectivity index (χ2n) is 4.29. The van der Waals surface area contributed by atoms with Crippen LogP contribution in [0.2, 0.25) is 0 Å². The summed E-state index contributed by atoms with van der Waals surface area (Å²) >= 11 is 0. The van der Waals surface area contributed by atoms with Gasteiger partial charge in [0.25, 0.3) is 0 Å². The molecule has 0 saturated heterocycles. The average molecular weight is 233 g/mol. The fourth-order valence-corrected chi connectivity index (χ4v) is 2.43. The van der Waals surface area contributed by atoms with Gasteiger partial charge in [0.15, 0.2) is 0 Å². The highest BCUT2D eigenvalue weighted by atomic mass is 14.9. The molecule has 0 aliphatic rings. The maximum atomic E-state index is 4.54. The van der Waals surface area contributed by atoms with Gasteiger partial charge in [-0.2, -0.15) is 0 Å². The van der Waals surface area contributed by atoms with Gasteiger partial charge in [-0.1, -0.05) is 6.07 Å². The summed E-state index contributed by atoms with van der Waals surface area (Å²) in [5, 5.41) is 0. The minimum Gasteiger partial charge on any atom is -0.320 e. The fraction of sp³-hybridized carbons (Fsp3) is 0. The largest absolute Gasteiger partial charge is 0.320 e. The van der Waals surface area contributed by atoms with Crippen molar-refractivity contribution < 1.29 is 0 Å². The van der Waals surface area contributed by atoms with Crippen molar-refractivity contribution in [3.8, 4) is 11.4 Å². The molecule has 0 spiro atoms. The number of fused-ring (bicyclic) bond motifs is 2. The predicted molar refractivity (Wildman–Crippen MR) is 71.6 cm³/mol. The first kappa shape index (κ1) is 9.48. The van der Waals surface area contributed by atoms with Gasteiger partial charge in [0, 0.05) is 30.3 Å². The maximum Gasteiger partial charge on any atom is 0.111 e. The van der Waals surface area contributed by atoms with Crippen molar-refractivity contribution in [2.24, 2.45) is 0 Å². The summed E-state index contributed by atoms with van der Waals surface area (Å²) in [6.07, 6.45) is 7.91. The minimum atomic E-state index is 1.00. The zero-order valence-corrected chi connectivity index (χ0v) is 9.69. The Labute approximate surface area is 104 Å². The smallest absolute Gasteiger partial charge is 0.111 e. The normalized spacial score (nSPS) is 11.3. The van der Waals surface area contributed by atoms with E-state index >= 15 is 0 Å². The van der Waals surface area contributed by atoms with Crippen LogP contribution >= 0.6 is 0 Å². The van der Waals surface area contributed by atoms with Crippen LogP contribution in [-0.4, -0.2) is 13.8 Å². The van der Waals surface area contributed by atoms with Gasteiger partial charge >= 0.3 is 0 Å². The Morgan fingerprint density at radius 2 is 1.72 bits per heavy atom. The summed E-state index contributed by atoms with van der Waals surface area (Å²) < 4.78 is 4.25. The van der Waals surface area contributed by atoms with Gasteiger partial charge in [-0.05, 0) is 36.4 Å². The van der Waals surface area contributed by atoms with E-state index in [1.807, 2.05) is 24.7 Å². The van der Waals surface area contributed by atoms with E-state index in [1.165, 1.54) is 5.52 Å². The van der Waals surface area contributed by atoms with E-state index in [0.29, 0.717) is 0 Å². The number of rotatable bonds is 1.